The molecule has 0 aromatic rings. The molecule has 1 atom stereocenters. The minimum absolute atomic E-state index is 0.0365. The molecule has 5 nitrogen and oxygen atoms in total. The zero-order valence-corrected chi connectivity index (χ0v) is 9.66. The van der Waals surface area contributed by atoms with Crippen LogP contribution in [-0.4, -0.2) is 29.7 Å². The third-order valence-electron chi connectivity index (χ3n) is 3.09. The van der Waals surface area contributed by atoms with E-state index in [2.05, 4.69) is 10.6 Å². The SMILES string of the molecule is C[C@@H](NC(=O)NCCC(=O)O)C1CCCC1. The Bertz CT molecular complexity index is 250. The Morgan fingerprint density at radius 3 is 2.56 bits per heavy atom. The number of carboxylic acid groups (broad SMARTS) is 1. The molecule has 2 amide bonds. The Kier molecular flexibility index (Phi) is 5.08. The van der Waals surface area contributed by atoms with Crippen molar-refractivity contribution in [2.75, 3.05) is 6.54 Å². The topological polar surface area (TPSA) is 78.4 Å². The minimum Gasteiger partial charge on any atom is -0.481 e. The molecule has 0 radical (unpaired) electrons. The molecule has 0 bridgehead atoms. The molecule has 1 aliphatic carbocycles. The van der Waals surface area contributed by atoms with E-state index >= 15 is 0 Å². The molecule has 92 valence electrons. The summed E-state index contributed by atoms with van der Waals surface area (Å²) in [6.45, 7) is 2.19. The molecule has 0 aliphatic heterocycles. The number of amides is 2. The summed E-state index contributed by atoms with van der Waals surface area (Å²) < 4.78 is 0. The lowest BCUT2D eigenvalue weighted by Gasteiger charge is -2.20. The van der Waals surface area contributed by atoms with Crippen LogP contribution >= 0.6 is 0 Å². The van der Waals surface area contributed by atoms with E-state index in [0.29, 0.717) is 5.92 Å². The fraction of sp³-hybridized carbons (Fsp3) is 0.818. The second-order valence-corrected chi connectivity index (χ2v) is 4.38. The highest BCUT2D eigenvalue weighted by Crippen LogP contribution is 2.27. The van der Waals surface area contributed by atoms with Crippen LogP contribution < -0.4 is 10.6 Å². The van der Waals surface area contributed by atoms with Crippen molar-refractivity contribution < 1.29 is 14.7 Å². The van der Waals surface area contributed by atoms with Crippen molar-refractivity contribution in [2.45, 2.75) is 45.1 Å². The Labute approximate surface area is 95.6 Å². The van der Waals surface area contributed by atoms with Crippen molar-refractivity contribution in [3.05, 3.63) is 0 Å². The molecule has 1 rings (SSSR count). The maximum Gasteiger partial charge on any atom is 0.315 e. The highest BCUT2D eigenvalue weighted by atomic mass is 16.4. The van der Waals surface area contributed by atoms with Gasteiger partial charge >= 0.3 is 12.0 Å². The van der Waals surface area contributed by atoms with Crippen molar-refractivity contribution in [2.24, 2.45) is 5.92 Å². The maximum atomic E-state index is 11.4. The number of urea groups is 1. The number of aliphatic carboxylic acids is 1. The number of hydrogen-bond acceptors (Lipinski definition) is 2. The highest BCUT2D eigenvalue weighted by Gasteiger charge is 2.22. The standard InChI is InChI=1S/C11H20N2O3/c1-8(9-4-2-3-5-9)13-11(16)12-7-6-10(14)15/h8-9H,2-7H2,1H3,(H,14,15)(H2,12,13,16)/t8-/m1/s1. The van der Waals surface area contributed by atoms with Gasteiger partial charge < -0.3 is 15.7 Å². The first-order valence-electron chi connectivity index (χ1n) is 5.85. The summed E-state index contributed by atoms with van der Waals surface area (Å²) in [6.07, 6.45) is 4.81. The highest BCUT2D eigenvalue weighted by molar-refractivity contribution is 5.75. The lowest BCUT2D eigenvalue weighted by atomic mass is 10.0. The van der Waals surface area contributed by atoms with Gasteiger partial charge in [0.25, 0.3) is 0 Å². The van der Waals surface area contributed by atoms with E-state index in [1.807, 2.05) is 6.92 Å². The van der Waals surface area contributed by atoms with Gasteiger partial charge in [-0.15, -0.1) is 0 Å². The van der Waals surface area contributed by atoms with Crippen LogP contribution in [0.15, 0.2) is 0 Å². The summed E-state index contributed by atoms with van der Waals surface area (Å²) in [4.78, 5) is 21.6. The maximum absolute atomic E-state index is 11.4. The molecule has 16 heavy (non-hydrogen) atoms. The fourth-order valence-electron chi connectivity index (χ4n) is 2.12. The van der Waals surface area contributed by atoms with E-state index in [1.165, 1.54) is 25.7 Å². The van der Waals surface area contributed by atoms with E-state index in [0.717, 1.165) is 0 Å². The molecular formula is C11H20N2O3. The molecule has 0 heterocycles. The van der Waals surface area contributed by atoms with Crippen LogP contribution in [0.5, 0.6) is 0 Å². The predicted molar refractivity (Wildman–Crippen MR) is 60.2 cm³/mol. The van der Waals surface area contributed by atoms with E-state index in [9.17, 15) is 9.59 Å². The second kappa shape index (κ2) is 6.35. The van der Waals surface area contributed by atoms with Crippen LogP contribution in [0.2, 0.25) is 0 Å². The van der Waals surface area contributed by atoms with Crippen LogP contribution in [-0.2, 0) is 4.79 Å². The number of hydrogen-bond donors (Lipinski definition) is 3. The summed E-state index contributed by atoms with van der Waals surface area (Å²) in [7, 11) is 0. The first-order chi connectivity index (χ1) is 7.59. The number of rotatable bonds is 5. The average Bonchev–Trinajstić information content (AvgIpc) is 2.69. The summed E-state index contributed by atoms with van der Waals surface area (Å²) in [5, 5.41) is 13.8. The molecule has 1 aliphatic rings. The molecule has 1 saturated carbocycles. The molecule has 1 fully saturated rings. The second-order valence-electron chi connectivity index (χ2n) is 4.38. The molecule has 0 saturated heterocycles. The third-order valence-corrected chi connectivity index (χ3v) is 3.09. The first-order valence-corrected chi connectivity index (χ1v) is 5.85. The monoisotopic (exact) mass is 228 g/mol. The van der Waals surface area contributed by atoms with Crippen molar-refractivity contribution >= 4 is 12.0 Å². The lowest BCUT2D eigenvalue weighted by Crippen LogP contribution is -2.44. The Morgan fingerprint density at radius 1 is 1.38 bits per heavy atom. The summed E-state index contributed by atoms with van der Waals surface area (Å²) >= 11 is 0. The van der Waals surface area contributed by atoms with E-state index in [1.54, 1.807) is 0 Å². The van der Waals surface area contributed by atoms with E-state index in [4.69, 9.17) is 5.11 Å². The smallest absolute Gasteiger partial charge is 0.315 e. The van der Waals surface area contributed by atoms with Gasteiger partial charge in [-0.1, -0.05) is 12.8 Å². The van der Waals surface area contributed by atoms with Crippen molar-refractivity contribution in [1.82, 2.24) is 10.6 Å². The Morgan fingerprint density at radius 2 is 2.00 bits per heavy atom. The van der Waals surface area contributed by atoms with Gasteiger partial charge in [-0.2, -0.15) is 0 Å². The molecule has 0 spiro atoms. The zero-order valence-electron chi connectivity index (χ0n) is 9.66. The summed E-state index contributed by atoms with van der Waals surface area (Å²) in [5.74, 6) is -0.325. The van der Waals surface area contributed by atoms with Gasteiger partial charge in [0, 0.05) is 12.6 Å². The average molecular weight is 228 g/mol. The minimum atomic E-state index is -0.899. The number of nitrogens with one attached hydrogen (secondary N) is 2. The van der Waals surface area contributed by atoms with E-state index < -0.39 is 5.97 Å². The van der Waals surface area contributed by atoms with Gasteiger partial charge in [0.05, 0.1) is 6.42 Å². The van der Waals surface area contributed by atoms with Crippen LogP contribution in [0.4, 0.5) is 4.79 Å². The molecule has 3 N–H and O–H groups in total. The zero-order chi connectivity index (χ0) is 12.0. The van der Waals surface area contributed by atoms with Crippen LogP contribution in [0.3, 0.4) is 0 Å². The molecule has 0 aromatic carbocycles. The van der Waals surface area contributed by atoms with Gasteiger partial charge in [-0.05, 0) is 25.7 Å². The van der Waals surface area contributed by atoms with Crippen molar-refractivity contribution in [3.8, 4) is 0 Å². The van der Waals surface area contributed by atoms with E-state index in [-0.39, 0.29) is 25.0 Å². The van der Waals surface area contributed by atoms with Gasteiger partial charge in [-0.25, -0.2) is 4.79 Å². The van der Waals surface area contributed by atoms with Crippen molar-refractivity contribution in [1.29, 1.82) is 0 Å². The Balaban J connectivity index is 2.15. The van der Waals surface area contributed by atoms with Crippen LogP contribution in [0.1, 0.15) is 39.0 Å². The summed E-state index contributed by atoms with van der Waals surface area (Å²) in [6, 6.07) is -0.0898. The lowest BCUT2D eigenvalue weighted by molar-refractivity contribution is -0.136. The predicted octanol–water partition coefficient (Wildman–Crippen LogP) is 1.34. The Hall–Kier alpha value is -1.26. The first kappa shape index (κ1) is 12.8. The molecule has 0 unspecified atom stereocenters. The molecule has 0 aromatic heterocycles. The van der Waals surface area contributed by atoms with Crippen LogP contribution in [0.25, 0.3) is 0 Å². The largest absolute Gasteiger partial charge is 0.481 e. The fourth-order valence-corrected chi connectivity index (χ4v) is 2.12. The number of carboxylic acids is 1. The van der Waals surface area contributed by atoms with Crippen molar-refractivity contribution in [3.63, 3.8) is 0 Å². The van der Waals surface area contributed by atoms with Crippen LogP contribution in [0, 0.1) is 5.92 Å². The molecule has 5 heteroatoms. The molecular weight excluding hydrogens is 208 g/mol. The quantitative estimate of drug-likeness (QED) is 0.664. The van der Waals surface area contributed by atoms with Gasteiger partial charge in [-0.3, -0.25) is 4.79 Å². The van der Waals surface area contributed by atoms with Gasteiger partial charge in [0.2, 0.25) is 0 Å². The normalized spacial score (nSPS) is 18.1. The number of carbonyl (C=O) groups excluding carboxylic acids is 1. The number of carbonyl (C=O) groups is 2. The summed E-state index contributed by atoms with van der Waals surface area (Å²) in [5.41, 5.74) is 0. The third kappa shape index (κ3) is 4.51. The van der Waals surface area contributed by atoms with Gasteiger partial charge in [0.15, 0.2) is 0 Å². The van der Waals surface area contributed by atoms with Gasteiger partial charge in [0.1, 0.15) is 0 Å².